The van der Waals surface area contributed by atoms with Gasteiger partial charge in [0.05, 0.1) is 37.5 Å². The molecule has 5 amide bonds. The molecule has 21 nitrogen and oxygen atoms in total. The molecule has 0 saturated carbocycles. The fourth-order valence-corrected chi connectivity index (χ4v) is 6.81. The van der Waals surface area contributed by atoms with Gasteiger partial charge in [-0.2, -0.15) is 36.5 Å². The molecule has 2 aromatic carbocycles. The predicted molar refractivity (Wildman–Crippen MR) is 236 cm³/mol. The number of carbonyl (C=O) groups excluding carboxylic acids is 5. The number of hydrogen-bond acceptors (Lipinski definition) is 13. The van der Waals surface area contributed by atoms with Crippen LogP contribution in [-0.4, -0.2) is 127 Å². The molecule has 6 heterocycles. The molecule has 2 fully saturated rings. The average Bonchev–Trinajstić information content (AvgIpc) is 3.87. The maximum absolute atomic E-state index is 13.1. The Morgan fingerprint density at radius 1 is 0.671 bits per heavy atom. The molecule has 8 N–H and O–H groups in total. The van der Waals surface area contributed by atoms with E-state index in [4.69, 9.17) is 26.0 Å². The minimum atomic E-state index is -4.67. The first-order chi connectivity index (χ1) is 32.7. The molecule has 27 heteroatoms. The highest BCUT2D eigenvalue weighted by atomic mass is 19.4. The zero-order valence-electron chi connectivity index (χ0n) is 35.7. The lowest BCUT2D eigenvalue weighted by molar-refractivity contribution is -0.147. The Kier molecular flexibility index (Phi) is 17.3. The van der Waals surface area contributed by atoms with Crippen molar-refractivity contribution in [3.63, 3.8) is 0 Å². The van der Waals surface area contributed by atoms with Crippen LogP contribution in [0.25, 0.3) is 21.8 Å². The Balaban J connectivity index is 0.000000214. The zero-order valence-corrected chi connectivity index (χ0v) is 35.7. The second-order valence-electron chi connectivity index (χ2n) is 14.7. The van der Waals surface area contributed by atoms with E-state index >= 15 is 0 Å². The maximum Gasteiger partial charge on any atom is 0.433 e. The van der Waals surface area contributed by atoms with Crippen LogP contribution >= 0.6 is 0 Å². The number of ether oxygens (including phenoxy) is 2. The Morgan fingerprint density at radius 3 is 1.63 bits per heavy atom. The van der Waals surface area contributed by atoms with Crippen LogP contribution in [0.5, 0.6) is 0 Å². The molecule has 6 aromatic rings. The number of morpholine rings is 2. The van der Waals surface area contributed by atoms with Crippen molar-refractivity contribution in [2.24, 2.45) is 11.5 Å². The summed E-state index contributed by atoms with van der Waals surface area (Å²) in [6.07, 6.45) is -9.21. The van der Waals surface area contributed by atoms with Gasteiger partial charge in [0.1, 0.15) is 48.2 Å². The van der Waals surface area contributed by atoms with E-state index in [-0.39, 0.29) is 69.9 Å². The highest BCUT2D eigenvalue weighted by Gasteiger charge is 2.36. The quantitative estimate of drug-likeness (QED) is 0.107. The van der Waals surface area contributed by atoms with E-state index in [1.807, 2.05) is 0 Å². The Morgan fingerprint density at radius 2 is 1.16 bits per heavy atom. The molecule has 0 spiro atoms. The van der Waals surface area contributed by atoms with Crippen molar-refractivity contribution in [1.29, 1.82) is 0 Å². The SMILES string of the molecule is C.NC(=O)c1nn(CC(=O)N2CCOC[C@H]2C(=O)Nc2cccc(C(F)(F)F)n2)c2ccccc12.NC(=O)c1nn(CC(=O)O)c2ccccc12.O=C(Nc1cccc(C(F)(F)F)n1)[C@@H]1COCCN1. The Bertz CT molecular complexity index is 2870. The third-order valence-electron chi connectivity index (χ3n) is 9.92. The number of aliphatic carboxylic acids is 1. The number of carboxylic acid groups (broad SMARTS) is 1. The molecule has 70 heavy (non-hydrogen) atoms. The summed E-state index contributed by atoms with van der Waals surface area (Å²) in [6.45, 7) is 0.721. The normalized spacial score (nSPS) is 15.8. The first-order valence-electron chi connectivity index (χ1n) is 20.3. The lowest BCUT2D eigenvalue weighted by Crippen LogP contribution is -2.55. The van der Waals surface area contributed by atoms with E-state index in [0.29, 0.717) is 35.0 Å². The first-order valence-corrected chi connectivity index (χ1v) is 20.3. The van der Waals surface area contributed by atoms with Gasteiger partial charge in [-0.3, -0.25) is 38.1 Å². The standard InChI is InChI=1S/C21H19F3N6O4.C11H12F3N3O2.C10H9N3O3.CH4/c22-21(23,24)15-6-3-7-16(26-15)27-20(33)14-11-34-9-8-29(14)17(31)10-30-13-5-2-1-4-12(13)18(28-30)19(25)32;12-11(13,14)8-2-1-3-9(16-8)17-10(18)7-6-19-5-4-15-7;11-10(16)9-6-3-1-2-4-7(6)13(12-9)5-8(14)15;/h1-7,14H,8-11H2,(H2,25,32)(H,26,27,33);1-3,7,15H,4-6H2,(H,16,17,18);1-4H,5H2,(H2,11,16)(H,14,15);1H4/t14-;7-;;/m00../s1. The largest absolute Gasteiger partial charge is 0.480 e. The van der Waals surface area contributed by atoms with Crippen molar-refractivity contribution in [3.05, 3.63) is 108 Å². The summed E-state index contributed by atoms with van der Waals surface area (Å²) >= 11 is 0. The minimum Gasteiger partial charge on any atom is -0.480 e. The number of amides is 5. The number of aromatic nitrogens is 6. The summed E-state index contributed by atoms with van der Waals surface area (Å²) in [4.78, 5) is 79.1. The molecule has 2 aliphatic heterocycles. The van der Waals surface area contributed by atoms with Gasteiger partial charge in [0, 0.05) is 23.9 Å². The maximum atomic E-state index is 13.1. The van der Waals surface area contributed by atoms with Crippen molar-refractivity contribution in [1.82, 2.24) is 39.7 Å². The summed E-state index contributed by atoms with van der Waals surface area (Å²) in [5.41, 5.74) is 9.54. The number of anilines is 2. The number of carbonyl (C=O) groups is 6. The molecule has 2 atom stereocenters. The van der Waals surface area contributed by atoms with Gasteiger partial charge in [0.25, 0.3) is 17.7 Å². The van der Waals surface area contributed by atoms with Crippen LogP contribution in [0.15, 0.2) is 84.9 Å². The van der Waals surface area contributed by atoms with Gasteiger partial charge in [-0.05, 0) is 36.4 Å². The van der Waals surface area contributed by atoms with E-state index in [2.05, 4.69) is 36.1 Å². The number of alkyl halides is 6. The van der Waals surface area contributed by atoms with Crippen LogP contribution in [0.1, 0.15) is 39.8 Å². The van der Waals surface area contributed by atoms with Gasteiger partial charge < -0.3 is 46.9 Å². The van der Waals surface area contributed by atoms with Crippen LogP contribution < -0.4 is 27.4 Å². The number of fused-ring (bicyclic) bond motifs is 2. The highest BCUT2D eigenvalue weighted by Crippen LogP contribution is 2.29. The third kappa shape index (κ3) is 13.3. The summed E-state index contributed by atoms with van der Waals surface area (Å²) in [5, 5.41) is 25.3. The topological polar surface area (TPSA) is 294 Å². The molecule has 2 aliphatic rings. The fourth-order valence-electron chi connectivity index (χ4n) is 6.81. The lowest BCUT2D eigenvalue weighted by atomic mass is 10.2. The Hall–Kier alpha value is -8.04. The van der Waals surface area contributed by atoms with E-state index in [1.54, 1.807) is 48.5 Å². The number of halogens is 6. The molecule has 0 aliphatic carbocycles. The van der Waals surface area contributed by atoms with Gasteiger partial charge in [-0.15, -0.1) is 0 Å². The number of nitrogens with two attached hydrogens (primary N) is 2. The van der Waals surface area contributed by atoms with Crippen molar-refractivity contribution < 1.29 is 69.7 Å². The molecule has 8 rings (SSSR count). The number of carboxylic acids is 1. The number of para-hydroxylation sites is 2. The first kappa shape index (κ1) is 52.9. The van der Waals surface area contributed by atoms with Crippen molar-refractivity contribution in [2.45, 2.75) is 45.0 Å². The monoisotopic (exact) mass is 986 g/mol. The van der Waals surface area contributed by atoms with E-state index in [9.17, 15) is 55.1 Å². The van der Waals surface area contributed by atoms with Crippen molar-refractivity contribution in [3.8, 4) is 0 Å². The molecule has 0 radical (unpaired) electrons. The van der Waals surface area contributed by atoms with E-state index in [1.165, 1.54) is 32.5 Å². The molecule has 0 unspecified atom stereocenters. The number of nitrogens with zero attached hydrogens (tertiary/aromatic N) is 7. The van der Waals surface area contributed by atoms with Crippen LogP contribution in [-0.2, 0) is 54.1 Å². The minimum absolute atomic E-state index is 0. The van der Waals surface area contributed by atoms with Gasteiger partial charge >= 0.3 is 18.3 Å². The van der Waals surface area contributed by atoms with Gasteiger partial charge in [0.15, 0.2) is 11.4 Å². The van der Waals surface area contributed by atoms with Crippen molar-refractivity contribution >= 4 is 68.9 Å². The number of rotatable bonds is 10. The molecule has 372 valence electrons. The van der Waals surface area contributed by atoms with Crippen LogP contribution in [0.4, 0.5) is 38.0 Å². The molecule has 0 bridgehead atoms. The molecular formula is C43H44F6N12O9. The van der Waals surface area contributed by atoms with Crippen molar-refractivity contribution in [2.75, 3.05) is 50.2 Å². The summed E-state index contributed by atoms with van der Waals surface area (Å²) in [6, 6.07) is 18.4. The van der Waals surface area contributed by atoms with E-state index in [0.717, 1.165) is 18.2 Å². The van der Waals surface area contributed by atoms with Gasteiger partial charge in [-0.25, -0.2) is 9.97 Å². The second-order valence-corrected chi connectivity index (χ2v) is 14.7. The summed E-state index contributed by atoms with van der Waals surface area (Å²) < 4.78 is 89.1. The number of hydrogen-bond donors (Lipinski definition) is 6. The summed E-state index contributed by atoms with van der Waals surface area (Å²) in [5.74, 6) is -4.59. The van der Waals surface area contributed by atoms with Crippen LogP contribution in [0, 0.1) is 0 Å². The smallest absolute Gasteiger partial charge is 0.433 e. The number of benzene rings is 2. The van der Waals surface area contributed by atoms with Crippen LogP contribution in [0.2, 0.25) is 0 Å². The van der Waals surface area contributed by atoms with Gasteiger partial charge in [-0.1, -0.05) is 56.0 Å². The number of pyridine rings is 2. The molecule has 4 aromatic heterocycles. The predicted octanol–water partition coefficient (Wildman–Crippen LogP) is 3.30. The highest BCUT2D eigenvalue weighted by molar-refractivity contribution is 6.05. The van der Waals surface area contributed by atoms with Crippen LogP contribution in [0.3, 0.4) is 0 Å². The lowest BCUT2D eigenvalue weighted by Gasteiger charge is -2.34. The second kappa shape index (κ2) is 22.8. The zero-order chi connectivity index (χ0) is 50.0. The van der Waals surface area contributed by atoms with E-state index < -0.39 is 71.3 Å². The number of nitrogens with one attached hydrogen (secondary N) is 3. The molecule has 2 saturated heterocycles. The Labute approximate surface area is 392 Å². The molecular weight excluding hydrogens is 943 g/mol. The third-order valence-corrected chi connectivity index (χ3v) is 9.92. The summed E-state index contributed by atoms with van der Waals surface area (Å²) in [7, 11) is 0. The fraction of sp³-hybridized carbons (Fsp3) is 0.302. The average molecular weight is 987 g/mol. The number of primary amides is 2. The van der Waals surface area contributed by atoms with Gasteiger partial charge in [0.2, 0.25) is 11.8 Å².